The van der Waals surface area contributed by atoms with Crippen molar-refractivity contribution in [3.05, 3.63) is 89.0 Å². The second-order valence-electron chi connectivity index (χ2n) is 7.01. The summed E-state index contributed by atoms with van der Waals surface area (Å²) in [6.45, 7) is 4.81. The van der Waals surface area contributed by atoms with Gasteiger partial charge in [0.1, 0.15) is 5.75 Å². The number of rotatable bonds is 6. The molecule has 0 saturated carbocycles. The van der Waals surface area contributed by atoms with E-state index < -0.39 is 5.97 Å². The van der Waals surface area contributed by atoms with Gasteiger partial charge in [-0.1, -0.05) is 42.0 Å². The van der Waals surface area contributed by atoms with Crippen molar-refractivity contribution in [1.82, 2.24) is 0 Å². The SMILES string of the molecule is CC(=O)Oc1ccc(-c2ccc(C(=O)OCC(=O)c3cc(C)ccc3C)cc2)cc1. The Labute approximate surface area is 175 Å². The third-order valence-electron chi connectivity index (χ3n) is 4.60. The van der Waals surface area contributed by atoms with Gasteiger partial charge in [0.15, 0.2) is 6.61 Å². The van der Waals surface area contributed by atoms with Crippen LogP contribution in [0, 0.1) is 13.8 Å². The molecule has 5 nitrogen and oxygen atoms in total. The first kappa shape index (κ1) is 21.0. The number of Topliss-reactive ketones (excluding diaryl/α,β-unsaturated/α-hetero) is 1. The van der Waals surface area contributed by atoms with Gasteiger partial charge in [-0.05, 0) is 60.9 Å². The van der Waals surface area contributed by atoms with Crippen LogP contribution in [-0.2, 0) is 9.53 Å². The van der Waals surface area contributed by atoms with Gasteiger partial charge in [0, 0.05) is 12.5 Å². The summed E-state index contributed by atoms with van der Waals surface area (Å²) >= 11 is 0. The van der Waals surface area contributed by atoms with Gasteiger partial charge in [-0.25, -0.2) is 4.79 Å². The first-order valence-electron chi connectivity index (χ1n) is 9.50. The van der Waals surface area contributed by atoms with Crippen molar-refractivity contribution in [1.29, 1.82) is 0 Å². The molecular weight excluding hydrogens is 380 g/mol. The van der Waals surface area contributed by atoms with Crippen molar-refractivity contribution in [2.75, 3.05) is 6.61 Å². The van der Waals surface area contributed by atoms with E-state index in [0.29, 0.717) is 16.9 Å². The van der Waals surface area contributed by atoms with E-state index in [4.69, 9.17) is 9.47 Å². The zero-order valence-corrected chi connectivity index (χ0v) is 17.1. The van der Waals surface area contributed by atoms with Crippen molar-refractivity contribution < 1.29 is 23.9 Å². The van der Waals surface area contributed by atoms with E-state index in [2.05, 4.69) is 0 Å². The molecule has 0 saturated heterocycles. The van der Waals surface area contributed by atoms with Crippen LogP contribution in [0.2, 0.25) is 0 Å². The van der Waals surface area contributed by atoms with Crippen LogP contribution < -0.4 is 4.74 Å². The van der Waals surface area contributed by atoms with Crippen LogP contribution in [0.3, 0.4) is 0 Å². The van der Waals surface area contributed by atoms with Gasteiger partial charge in [-0.15, -0.1) is 0 Å². The first-order chi connectivity index (χ1) is 14.3. The number of ketones is 1. The fourth-order valence-corrected chi connectivity index (χ4v) is 3.01. The normalized spacial score (nSPS) is 10.4. The Morgan fingerprint density at radius 1 is 0.800 bits per heavy atom. The van der Waals surface area contributed by atoms with Crippen molar-refractivity contribution in [3.63, 3.8) is 0 Å². The number of carbonyl (C=O) groups is 3. The zero-order valence-electron chi connectivity index (χ0n) is 17.1. The van der Waals surface area contributed by atoms with Gasteiger partial charge in [0.05, 0.1) is 5.56 Å². The number of carbonyl (C=O) groups excluding carboxylic acids is 3. The number of hydrogen-bond acceptors (Lipinski definition) is 5. The van der Waals surface area contributed by atoms with Crippen molar-refractivity contribution in [3.8, 4) is 16.9 Å². The summed E-state index contributed by atoms with van der Waals surface area (Å²) in [6.07, 6.45) is 0. The van der Waals surface area contributed by atoms with Gasteiger partial charge < -0.3 is 9.47 Å². The van der Waals surface area contributed by atoms with E-state index in [9.17, 15) is 14.4 Å². The zero-order chi connectivity index (χ0) is 21.7. The van der Waals surface area contributed by atoms with Gasteiger partial charge in [0.25, 0.3) is 0 Å². The molecule has 0 unspecified atom stereocenters. The lowest BCUT2D eigenvalue weighted by molar-refractivity contribution is -0.131. The molecule has 0 amide bonds. The summed E-state index contributed by atoms with van der Waals surface area (Å²) in [5.74, 6) is -0.680. The van der Waals surface area contributed by atoms with Gasteiger partial charge in [-0.2, -0.15) is 0 Å². The largest absolute Gasteiger partial charge is 0.454 e. The summed E-state index contributed by atoms with van der Waals surface area (Å²) in [4.78, 5) is 35.7. The molecule has 0 bridgehead atoms. The summed E-state index contributed by atoms with van der Waals surface area (Å²) in [5.41, 5.74) is 4.57. The van der Waals surface area contributed by atoms with E-state index in [1.807, 2.05) is 38.1 Å². The Kier molecular flexibility index (Phi) is 6.42. The Hall–Kier alpha value is -3.73. The Morgan fingerprint density at radius 3 is 2.00 bits per heavy atom. The van der Waals surface area contributed by atoms with Gasteiger partial charge in [0.2, 0.25) is 5.78 Å². The maximum absolute atomic E-state index is 12.4. The summed E-state index contributed by atoms with van der Waals surface area (Å²) in [7, 11) is 0. The highest BCUT2D eigenvalue weighted by molar-refractivity contribution is 6.00. The predicted octanol–water partition coefficient (Wildman–Crippen LogP) is 4.94. The van der Waals surface area contributed by atoms with Crippen LogP contribution in [-0.4, -0.2) is 24.3 Å². The Bertz CT molecular complexity index is 1080. The fourth-order valence-electron chi connectivity index (χ4n) is 3.01. The second-order valence-corrected chi connectivity index (χ2v) is 7.01. The smallest absolute Gasteiger partial charge is 0.338 e. The Morgan fingerprint density at radius 2 is 1.40 bits per heavy atom. The van der Waals surface area contributed by atoms with Gasteiger partial charge in [-0.3, -0.25) is 9.59 Å². The number of aryl methyl sites for hydroxylation is 2. The molecule has 0 N–H and O–H groups in total. The molecule has 0 radical (unpaired) electrons. The molecule has 0 atom stereocenters. The molecule has 30 heavy (non-hydrogen) atoms. The van der Waals surface area contributed by atoms with Crippen LogP contribution in [0.15, 0.2) is 66.7 Å². The van der Waals surface area contributed by atoms with E-state index in [1.54, 1.807) is 42.5 Å². The molecule has 3 aromatic carbocycles. The van der Waals surface area contributed by atoms with Crippen molar-refractivity contribution in [2.24, 2.45) is 0 Å². The Balaban J connectivity index is 1.63. The second kappa shape index (κ2) is 9.18. The summed E-state index contributed by atoms with van der Waals surface area (Å²) < 4.78 is 10.2. The fraction of sp³-hybridized carbons (Fsp3) is 0.160. The highest BCUT2D eigenvalue weighted by Gasteiger charge is 2.14. The van der Waals surface area contributed by atoms with Crippen LogP contribution in [0.5, 0.6) is 5.75 Å². The summed E-state index contributed by atoms with van der Waals surface area (Å²) in [5, 5.41) is 0. The lowest BCUT2D eigenvalue weighted by atomic mass is 10.0. The molecular formula is C25H22O5. The van der Waals surface area contributed by atoms with E-state index >= 15 is 0 Å². The molecule has 0 heterocycles. The number of ether oxygens (including phenoxy) is 2. The highest BCUT2D eigenvalue weighted by Crippen LogP contribution is 2.23. The lowest BCUT2D eigenvalue weighted by Crippen LogP contribution is -2.15. The minimum Gasteiger partial charge on any atom is -0.454 e. The number of hydrogen-bond donors (Lipinski definition) is 0. The first-order valence-corrected chi connectivity index (χ1v) is 9.50. The van der Waals surface area contributed by atoms with E-state index in [0.717, 1.165) is 22.3 Å². The van der Waals surface area contributed by atoms with E-state index in [1.165, 1.54) is 6.92 Å². The molecule has 0 aromatic heterocycles. The molecule has 3 rings (SSSR count). The third kappa shape index (κ3) is 5.20. The van der Waals surface area contributed by atoms with Crippen molar-refractivity contribution in [2.45, 2.75) is 20.8 Å². The molecule has 0 aliphatic heterocycles. The molecule has 0 fully saturated rings. The minimum atomic E-state index is -0.551. The van der Waals surface area contributed by atoms with Crippen LogP contribution >= 0.6 is 0 Å². The molecule has 5 heteroatoms. The monoisotopic (exact) mass is 402 g/mol. The topological polar surface area (TPSA) is 69.7 Å². The molecule has 0 spiro atoms. The molecule has 0 aliphatic rings. The summed E-state index contributed by atoms with van der Waals surface area (Å²) in [6, 6.07) is 19.6. The predicted molar refractivity (Wildman–Crippen MR) is 114 cm³/mol. The average molecular weight is 402 g/mol. The number of esters is 2. The minimum absolute atomic E-state index is 0.228. The maximum atomic E-state index is 12.4. The molecule has 0 aliphatic carbocycles. The third-order valence-corrected chi connectivity index (χ3v) is 4.60. The highest BCUT2D eigenvalue weighted by atomic mass is 16.5. The van der Waals surface area contributed by atoms with Crippen LogP contribution in [0.25, 0.3) is 11.1 Å². The van der Waals surface area contributed by atoms with E-state index in [-0.39, 0.29) is 18.4 Å². The standard InChI is InChI=1S/C25H22O5/c1-16-4-5-17(2)23(14-16)24(27)15-29-25(28)21-8-6-19(7-9-21)20-10-12-22(13-11-20)30-18(3)26/h4-14H,15H2,1-3H3. The number of benzene rings is 3. The van der Waals surface area contributed by atoms with Crippen LogP contribution in [0.1, 0.15) is 38.8 Å². The quantitative estimate of drug-likeness (QED) is 0.332. The lowest BCUT2D eigenvalue weighted by Gasteiger charge is -2.08. The molecule has 3 aromatic rings. The maximum Gasteiger partial charge on any atom is 0.338 e. The average Bonchev–Trinajstić information content (AvgIpc) is 2.74. The molecule has 152 valence electrons. The van der Waals surface area contributed by atoms with Crippen molar-refractivity contribution >= 4 is 17.7 Å². The van der Waals surface area contributed by atoms with Gasteiger partial charge >= 0.3 is 11.9 Å². The van der Waals surface area contributed by atoms with Crippen LogP contribution in [0.4, 0.5) is 0 Å².